The smallest absolute Gasteiger partial charge is 0.347 e. The van der Waals surface area contributed by atoms with E-state index in [2.05, 4.69) is 36.2 Å². The summed E-state index contributed by atoms with van der Waals surface area (Å²) in [6.45, 7) is 2.23. The van der Waals surface area contributed by atoms with Gasteiger partial charge in [-0.2, -0.15) is 0 Å². The van der Waals surface area contributed by atoms with Crippen LogP contribution in [0.2, 0.25) is 0 Å². The molecule has 0 spiro atoms. The Balaban J connectivity index is 1.92. The van der Waals surface area contributed by atoms with Crippen molar-refractivity contribution in [2.75, 3.05) is 0 Å². The summed E-state index contributed by atoms with van der Waals surface area (Å²) in [6.07, 6.45) is 24.8. The second kappa shape index (κ2) is 16.9. The predicted molar refractivity (Wildman–Crippen MR) is 114 cm³/mol. The summed E-state index contributed by atoms with van der Waals surface area (Å²) < 4.78 is 4.82. The maximum Gasteiger partial charge on any atom is 0.347 e. The highest BCUT2D eigenvalue weighted by Gasteiger charge is 2.12. The minimum atomic E-state index is -0.624. The molecule has 1 aromatic rings. The van der Waals surface area contributed by atoms with Gasteiger partial charge in [-0.25, -0.2) is 4.79 Å². The van der Waals surface area contributed by atoms with Gasteiger partial charge in [0.05, 0.1) is 5.56 Å². The molecule has 4 heteroatoms. The number of rotatable bonds is 15. The molecule has 0 saturated heterocycles. The van der Waals surface area contributed by atoms with Crippen LogP contribution in [0.5, 0.6) is 0 Å². The summed E-state index contributed by atoms with van der Waals surface area (Å²) in [4.78, 5) is 27.2. The molecule has 4 nitrogen and oxygen atoms in total. The average molecular weight is 386 g/mol. The van der Waals surface area contributed by atoms with E-state index in [1.54, 1.807) is 18.3 Å². The van der Waals surface area contributed by atoms with E-state index in [1.807, 2.05) is 0 Å². The molecule has 0 aliphatic heterocycles. The van der Waals surface area contributed by atoms with Gasteiger partial charge in [0.25, 0.3) is 0 Å². The van der Waals surface area contributed by atoms with Crippen LogP contribution in [0.3, 0.4) is 0 Å². The monoisotopic (exact) mass is 385 g/mol. The van der Waals surface area contributed by atoms with Gasteiger partial charge in [0.1, 0.15) is 0 Å². The van der Waals surface area contributed by atoms with Crippen molar-refractivity contribution in [2.45, 2.75) is 84.0 Å². The zero-order chi connectivity index (χ0) is 20.3. The largest absolute Gasteiger partial charge is 0.389 e. The van der Waals surface area contributed by atoms with E-state index in [9.17, 15) is 9.59 Å². The van der Waals surface area contributed by atoms with Crippen LogP contribution in [0, 0.1) is 0 Å². The molecule has 0 N–H and O–H groups in total. The number of allylic oxidation sites excluding steroid dienone is 4. The molecule has 0 aliphatic carbocycles. The molecule has 0 aromatic carbocycles. The summed E-state index contributed by atoms with van der Waals surface area (Å²) in [5, 5.41) is 0. The number of nitrogens with zero attached hydrogens (tertiary/aromatic N) is 1. The quantitative estimate of drug-likeness (QED) is 0.148. The molecule has 0 amide bonds. The third kappa shape index (κ3) is 13.0. The van der Waals surface area contributed by atoms with Crippen molar-refractivity contribution in [3.63, 3.8) is 0 Å². The zero-order valence-corrected chi connectivity index (χ0v) is 17.3. The molecule has 1 rings (SSSR count). The number of esters is 2. The topological polar surface area (TPSA) is 56.3 Å². The molecule has 1 aromatic heterocycles. The molecule has 154 valence electrons. The fourth-order valence-corrected chi connectivity index (χ4v) is 2.78. The third-order valence-electron chi connectivity index (χ3n) is 4.44. The molecule has 0 saturated carbocycles. The van der Waals surface area contributed by atoms with Crippen molar-refractivity contribution < 1.29 is 14.3 Å². The zero-order valence-electron chi connectivity index (χ0n) is 17.3. The van der Waals surface area contributed by atoms with Crippen LogP contribution in [0.1, 0.15) is 94.3 Å². The first-order valence-corrected chi connectivity index (χ1v) is 10.7. The summed E-state index contributed by atoms with van der Waals surface area (Å²) >= 11 is 0. The van der Waals surface area contributed by atoms with Gasteiger partial charge in [0.15, 0.2) is 0 Å². The van der Waals surface area contributed by atoms with Gasteiger partial charge >= 0.3 is 11.9 Å². The Morgan fingerprint density at radius 2 is 1.61 bits per heavy atom. The first kappa shape index (κ1) is 23.8. The molecule has 0 aliphatic rings. The Labute approximate surface area is 170 Å². The van der Waals surface area contributed by atoms with Gasteiger partial charge < -0.3 is 4.74 Å². The molecule has 0 unspecified atom stereocenters. The normalized spacial score (nSPS) is 11.3. The fourth-order valence-electron chi connectivity index (χ4n) is 2.78. The maximum absolute atomic E-state index is 11.7. The van der Waals surface area contributed by atoms with Crippen molar-refractivity contribution >= 4 is 11.9 Å². The molecular formula is C24H35NO3. The lowest BCUT2D eigenvalue weighted by Crippen LogP contribution is -2.12. The van der Waals surface area contributed by atoms with E-state index in [-0.39, 0.29) is 6.42 Å². The van der Waals surface area contributed by atoms with Gasteiger partial charge in [-0.3, -0.25) is 9.78 Å². The van der Waals surface area contributed by atoms with Crippen LogP contribution in [0.25, 0.3) is 0 Å². The van der Waals surface area contributed by atoms with Crippen LogP contribution in [-0.4, -0.2) is 16.9 Å². The number of carbonyl (C=O) groups is 2. The maximum atomic E-state index is 11.7. The number of ether oxygens (including phenoxy) is 1. The van der Waals surface area contributed by atoms with Crippen LogP contribution in [-0.2, 0) is 9.53 Å². The van der Waals surface area contributed by atoms with E-state index in [0.29, 0.717) is 5.56 Å². The van der Waals surface area contributed by atoms with Crippen molar-refractivity contribution in [3.05, 3.63) is 54.4 Å². The number of hydrogen-bond acceptors (Lipinski definition) is 4. The van der Waals surface area contributed by atoms with Crippen molar-refractivity contribution in [3.8, 4) is 0 Å². The fraction of sp³-hybridized carbons (Fsp3) is 0.542. The summed E-state index contributed by atoms with van der Waals surface area (Å²) in [7, 11) is 0. The molecular weight excluding hydrogens is 350 g/mol. The highest BCUT2D eigenvalue weighted by atomic mass is 16.6. The Morgan fingerprint density at radius 3 is 2.29 bits per heavy atom. The third-order valence-corrected chi connectivity index (χ3v) is 4.44. The van der Waals surface area contributed by atoms with Crippen LogP contribution in [0.4, 0.5) is 0 Å². The van der Waals surface area contributed by atoms with E-state index >= 15 is 0 Å². The second-order valence-electron chi connectivity index (χ2n) is 6.98. The Morgan fingerprint density at radius 1 is 0.929 bits per heavy atom. The first-order valence-electron chi connectivity index (χ1n) is 10.7. The molecule has 0 bridgehead atoms. The number of aromatic nitrogens is 1. The second-order valence-corrected chi connectivity index (χ2v) is 6.98. The average Bonchev–Trinajstić information content (AvgIpc) is 2.71. The van der Waals surface area contributed by atoms with E-state index in [0.717, 1.165) is 32.1 Å². The summed E-state index contributed by atoms with van der Waals surface area (Å²) in [5.41, 5.74) is 0.302. The number of hydrogen-bond donors (Lipinski definition) is 0. The Kier molecular flexibility index (Phi) is 14.4. The predicted octanol–water partition coefficient (Wildman–Crippen LogP) is 6.58. The number of unbranched alkanes of at least 4 members (excludes halogenated alkanes) is 8. The molecule has 1 heterocycles. The SMILES string of the molecule is CCCCC/C=C\C/C=C\CCCCCCCC(=O)OC(=O)c1cccnc1. The van der Waals surface area contributed by atoms with Crippen molar-refractivity contribution in [2.24, 2.45) is 0 Å². The Hall–Kier alpha value is -2.23. The molecule has 0 atom stereocenters. The van der Waals surface area contributed by atoms with Crippen LogP contribution in [0.15, 0.2) is 48.8 Å². The van der Waals surface area contributed by atoms with Crippen LogP contribution < -0.4 is 0 Å². The van der Waals surface area contributed by atoms with Gasteiger partial charge in [0.2, 0.25) is 0 Å². The highest BCUT2D eigenvalue weighted by molar-refractivity contribution is 5.96. The van der Waals surface area contributed by atoms with Crippen molar-refractivity contribution in [1.82, 2.24) is 4.98 Å². The summed E-state index contributed by atoms with van der Waals surface area (Å²) in [6, 6.07) is 3.22. The van der Waals surface area contributed by atoms with E-state index in [4.69, 9.17) is 4.74 Å². The minimum absolute atomic E-state index is 0.288. The van der Waals surface area contributed by atoms with E-state index in [1.165, 1.54) is 44.7 Å². The highest BCUT2D eigenvalue weighted by Crippen LogP contribution is 2.09. The summed E-state index contributed by atoms with van der Waals surface area (Å²) in [5.74, 6) is -1.08. The lowest BCUT2D eigenvalue weighted by atomic mass is 10.1. The molecule has 0 radical (unpaired) electrons. The van der Waals surface area contributed by atoms with Gasteiger partial charge in [-0.1, -0.05) is 63.3 Å². The molecule has 0 fully saturated rings. The minimum Gasteiger partial charge on any atom is -0.389 e. The van der Waals surface area contributed by atoms with E-state index < -0.39 is 11.9 Å². The standard InChI is InChI=1S/C24H35NO3/c1-2-3-4-5-6-7-8-9-10-11-12-13-14-15-16-19-23(26)28-24(27)22-18-17-20-25-21-22/h6-7,9-10,17-18,20-21H,2-5,8,11-16,19H2,1H3/b7-6-,10-9-. The van der Waals surface area contributed by atoms with Gasteiger partial charge in [-0.15, -0.1) is 0 Å². The lowest BCUT2D eigenvalue weighted by Gasteiger charge is -2.03. The number of pyridine rings is 1. The molecule has 28 heavy (non-hydrogen) atoms. The first-order chi connectivity index (χ1) is 13.7. The number of carbonyl (C=O) groups excluding carboxylic acids is 2. The lowest BCUT2D eigenvalue weighted by molar-refractivity contribution is -0.138. The van der Waals surface area contributed by atoms with Gasteiger partial charge in [-0.05, 0) is 50.7 Å². The van der Waals surface area contributed by atoms with Gasteiger partial charge in [0, 0.05) is 18.8 Å². The van der Waals surface area contributed by atoms with Crippen LogP contribution >= 0.6 is 0 Å². The van der Waals surface area contributed by atoms with Crippen molar-refractivity contribution in [1.29, 1.82) is 0 Å². The Bertz CT molecular complexity index is 593.